The first-order valence-corrected chi connectivity index (χ1v) is 14.7. The number of rotatable bonds is 13. The third kappa shape index (κ3) is 8.62. The Kier molecular flexibility index (Phi) is 9.98. The molecule has 3 aromatic carbocycles. The summed E-state index contributed by atoms with van der Waals surface area (Å²) in [4.78, 5) is 62.4. The maximum atomic E-state index is 13.6. The Bertz CT molecular complexity index is 1630. The minimum atomic E-state index is -5.91. The summed E-state index contributed by atoms with van der Waals surface area (Å²) in [6.45, 7) is 0. The number of nitrogens with zero attached hydrogens (tertiary/aromatic N) is 3. The number of isocyanates is 3. The summed E-state index contributed by atoms with van der Waals surface area (Å²) in [7, 11) is -16.9. The predicted octanol–water partition coefficient (Wildman–Crippen LogP) is 5.47. The highest BCUT2D eigenvalue weighted by Gasteiger charge is 2.47. The Hall–Kier alpha value is -4.27. The summed E-state index contributed by atoms with van der Waals surface area (Å²) in [6.07, 6.45) is 3.62. The molecule has 2 N–H and O–H groups in total. The van der Waals surface area contributed by atoms with Crippen LogP contribution in [0.5, 0.6) is 17.2 Å². The smallest absolute Gasteiger partial charge is 0.401 e. The Labute approximate surface area is 224 Å². The lowest BCUT2D eigenvalue weighted by Gasteiger charge is -2.22. The normalized spacial score (nSPS) is 14.8. The van der Waals surface area contributed by atoms with E-state index in [0.717, 1.165) is 18.2 Å². The minimum absolute atomic E-state index is 0.277. The van der Waals surface area contributed by atoms with Crippen LogP contribution in [0.4, 0.5) is 17.1 Å². The Morgan fingerprint density at radius 3 is 1.25 bits per heavy atom. The SMILES string of the molecule is O=C=Nc1ccccc1OP(=O)(O)OP(=O)(O)OP(=O)(Oc1ccccc1N=C=O)Oc1ccccc1N=C=O. The summed E-state index contributed by atoms with van der Waals surface area (Å²) >= 11 is 0. The first-order valence-electron chi connectivity index (χ1n) is 10.3. The molecule has 40 heavy (non-hydrogen) atoms. The quantitative estimate of drug-likeness (QED) is 0.139. The van der Waals surface area contributed by atoms with Crippen molar-refractivity contribution in [2.75, 3.05) is 0 Å². The third-order valence-electron chi connectivity index (χ3n) is 4.14. The molecular formula is C21H14N3O13P3. The molecule has 19 heteroatoms. The number of phosphoric acid groups is 3. The van der Waals surface area contributed by atoms with Gasteiger partial charge in [0.1, 0.15) is 17.1 Å². The van der Waals surface area contributed by atoms with Crippen molar-refractivity contribution in [3.05, 3.63) is 72.8 Å². The molecule has 206 valence electrons. The lowest BCUT2D eigenvalue weighted by Crippen LogP contribution is -2.06. The van der Waals surface area contributed by atoms with Gasteiger partial charge in [-0.3, -0.25) is 4.89 Å². The summed E-state index contributed by atoms with van der Waals surface area (Å²) in [5, 5.41) is 0. The second-order valence-corrected chi connectivity index (χ2v) is 11.5. The summed E-state index contributed by atoms with van der Waals surface area (Å²) < 4.78 is 62.7. The van der Waals surface area contributed by atoms with Gasteiger partial charge in [-0.2, -0.15) is 23.6 Å². The average molecular weight is 609 g/mol. The number of para-hydroxylation sites is 6. The first kappa shape index (κ1) is 30.3. The van der Waals surface area contributed by atoms with Crippen LogP contribution >= 0.6 is 23.5 Å². The summed E-state index contributed by atoms with van der Waals surface area (Å²) in [6, 6.07) is 15.0. The Morgan fingerprint density at radius 1 is 0.525 bits per heavy atom. The van der Waals surface area contributed by atoms with Crippen LogP contribution in [0.1, 0.15) is 0 Å². The van der Waals surface area contributed by atoms with Crippen LogP contribution in [0.3, 0.4) is 0 Å². The predicted molar refractivity (Wildman–Crippen MR) is 134 cm³/mol. The fraction of sp³-hybridized carbons (Fsp3) is 0. The molecule has 16 nitrogen and oxygen atoms in total. The number of aliphatic imine (C=N–C) groups is 3. The highest BCUT2D eigenvalue weighted by molar-refractivity contribution is 7.67. The molecular weight excluding hydrogens is 595 g/mol. The van der Waals surface area contributed by atoms with Crippen molar-refractivity contribution in [1.29, 1.82) is 0 Å². The van der Waals surface area contributed by atoms with Gasteiger partial charge in [0, 0.05) is 0 Å². The van der Waals surface area contributed by atoms with Gasteiger partial charge in [-0.15, -0.1) is 0 Å². The molecule has 0 aliphatic carbocycles. The molecule has 0 spiro atoms. The molecule has 0 radical (unpaired) electrons. The molecule has 0 fully saturated rings. The maximum Gasteiger partial charge on any atom is 0.596 e. The molecule has 0 aliphatic heterocycles. The van der Waals surface area contributed by atoms with Crippen molar-refractivity contribution >= 4 is 58.8 Å². The van der Waals surface area contributed by atoms with Gasteiger partial charge >= 0.3 is 23.5 Å². The molecule has 0 aromatic heterocycles. The fourth-order valence-electron chi connectivity index (χ4n) is 2.73. The lowest BCUT2D eigenvalue weighted by molar-refractivity contribution is 0.212. The van der Waals surface area contributed by atoms with Crippen LogP contribution in [0.25, 0.3) is 0 Å². The molecule has 0 amide bonds. The standard InChI is InChI=1S/C21H14N3O13P3/c25-13-22-16-7-1-4-10-19(16)33-38(28,29)36-39(30,31)37-40(32,34-20-11-5-2-8-17(20)23-14-26)35-21-12-6-3-9-18(21)24-15-27/h1-12H,(H,28,29)(H,30,31). The van der Waals surface area contributed by atoms with Gasteiger partial charge < -0.3 is 18.5 Å². The number of hydrogen-bond acceptors (Lipinski definition) is 14. The van der Waals surface area contributed by atoms with Gasteiger partial charge in [0.25, 0.3) is 0 Å². The van der Waals surface area contributed by atoms with Crippen LogP contribution in [-0.2, 0) is 36.7 Å². The second-order valence-electron chi connectivity index (χ2n) is 6.83. The third-order valence-corrected chi connectivity index (χ3v) is 8.68. The summed E-state index contributed by atoms with van der Waals surface area (Å²) in [5.74, 6) is -1.52. The van der Waals surface area contributed by atoms with E-state index in [1.54, 1.807) is 0 Å². The Morgan fingerprint density at radius 2 is 0.875 bits per heavy atom. The van der Waals surface area contributed by atoms with Gasteiger partial charge in [-0.1, -0.05) is 36.4 Å². The van der Waals surface area contributed by atoms with Crippen molar-refractivity contribution in [3.63, 3.8) is 0 Å². The monoisotopic (exact) mass is 609 g/mol. The van der Waals surface area contributed by atoms with E-state index < -0.39 is 40.7 Å². The maximum absolute atomic E-state index is 13.6. The van der Waals surface area contributed by atoms with Gasteiger partial charge in [0.05, 0.1) is 0 Å². The van der Waals surface area contributed by atoms with E-state index in [4.69, 9.17) is 13.6 Å². The molecule has 2 atom stereocenters. The van der Waals surface area contributed by atoms with Crippen molar-refractivity contribution in [3.8, 4) is 17.2 Å². The lowest BCUT2D eigenvalue weighted by atomic mass is 10.3. The van der Waals surface area contributed by atoms with Crippen molar-refractivity contribution in [2.45, 2.75) is 0 Å². The van der Waals surface area contributed by atoms with Crippen molar-refractivity contribution < 1.29 is 60.1 Å². The second kappa shape index (κ2) is 13.2. The van der Waals surface area contributed by atoms with Crippen LogP contribution in [0, 0.1) is 0 Å². The van der Waals surface area contributed by atoms with Gasteiger partial charge in [-0.25, -0.2) is 28.1 Å². The molecule has 0 aliphatic rings. The molecule has 3 rings (SSSR count). The molecule has 0 heterocycles. The van der Waals surface area contributed by atoms with Crippen molar-refractivity contribution in [2.24, 2.45) is 15.0 Å². The fourth-order valence-corrected chi connectivity index (χ4v) is 6.81. The van der Waals surface area contributed by atoms with Crippen LogP contribution in [0.2, 0.25) is 0 Å². The minimum Gasteiger partial charge on any atom is -0.401 e. The molecule has 0 saturated carbocycles. The van der Waals surface area contributed by atoms with Gasteiger partial charge in [0.2, 0.25) is 18.2 Å². The van der Waals surface area contributed by atoms with Gasteiger partial charge in [0.15, 0.2) is 17.2 Å². The topological polar surface area (TPSA) is 226 Å². The molecule has 0 bridgehead atoms. The highest BCUT2D eigenvalue weighted by Crippen LogP contribution is 2.69. The highest BCUT2D eigenvalue weighted by atomic mass is 31.3. The molecule has 0 saturated heterocycles. The first-order chi connectivity index (χ1) is 19.0. The number of phosphoric ester groups is 2. The van der Waals surface area contributed by atoms with E-state index in [2.05, 4.69) is 23.6 Å². The zero-order chi connectivity index (χ0) is 29.2. The van der Waals surface area contributed by atoms with E-state index in [-0.39, 0.29) is 17.1 Å². The van der Waals surface area contributed by atoms with E-state index in [1.807, 2.05) is 0 Å². The zero-order valence-electron chi connectivity index (χ0n) is 19.5. The van der Waals surface area contributed by atoms with Gasteiger partial charge in [-0.05, 0) is 36.4 Å². The average Bonchev–Trinajstić information content (AvgIpc) is 2.86. The van der Waals surface area contributed by atoms with E-state index in [1.165, 1.54) is 72.8 Å². The van der Waals surface area contributed by atoms with Crippen molar-refractivity contribution in [1.82, 2.24) is 0 Å². The zero-order valence-corrected chi connectivity index (χ0v) is 22.2. The molecule has 3 aromatic rings. The van der Waals surface area contributed by atoms with Crippen LogP contribution in [-0.4, -0.2) is 28.0 Å². The largest absolute Gasteiger partial charge is 0.596 e. The van der Waals surface area contributed by atoms with E-state index >= 15 is 0 Å². The number of carbonyl (C=O) groups excluding carboxylic acids is 3. The Balaban J connectivity index is 1.98. The van der Waals surface area contributed by atoms with E-state index in [0.29, 0.717) is 0 Å². The number of hydrogen-bond donors (Lipinski definition) is 2. The van der Waals surface area contributed by atoms with E-state index in [9.17, 15) is 37.9 Å². The van der Waals surface area contributed by atoms with Crippen LogP contribution in [0.15, 0.2) is 87.8 Å². The van der Waals surface area contributed by atoms with Crippen LogP contribution < -0.4 is 13.6 Å². The number of benzene rings is 3. The summed E-state index contributed by atoms with van der Waals surface area (Å²) in [5.41, 5.74) is -0.844. The molecule has 2 unspecified atom stereocenters.